The van der Waals surface area contributed by atoms with E-state index in [1.165, 1.54) is 43.2 Å². The number of unbranched alkanes of at least 4 members (excludes halogenated alkanes) is 3. The highest BCUT2D eigenvalue weighted by Gasteiger charge is 1.96. The van der Waals surface area contributed by atoms with Gasteiger partial charge in [0, 0.05) is 0 Å². The zero-order valence-corrected chi connectivity index (χ0v) is 10.1. The van der Waals surface area contributed by atoms with Crippen molar-refractivity contribution in [2.45, 2.75) is 46.0 Å². The standard InChI is InChI=1S/C15H22/c1-4-5-6-7-9-14-10-8-11-15(12-14)13(2)3/h8,10-12H,2,4-7,9H2,1,3H3. The Morgan fingerprint density at radius 1 is 1.20 bits per heavy atom. The fourth-order valence-electron chi connectivity index (χ4n) is 1.75. The summed E-state index contributed by atoms with van der Waals surface area (Å²) in [7, 11) is 0. The number of benzene rings is 1. The van der Waals surface area contributed by atoms with Gasteiger partial charge in [-0.1, -0.05) is 62.6 Å². The monoisotopic (exact) mass is 202 g/mol. The zero-order chi connectivity index (χ0) is 11.1. The molecule has 0 atom stereocenters. The SMILES string of the molecule is C=C(C)c1cccc(CCCCCC)c1. The second kappa shape index (κ2) is 6.44. The number of rotatable bonds is 6. The van der Waals surface area contributed by atoms with Crippen LogP contribution in [0.15, 0.2) is 30.8 Å². The summed E-state index contributed by atoms with van der Waals surface area (Å²) in [5.41, 5.74) is 3.89. The topological polar surface area (TPSA) is 0 Å². The summed E-state index contributed by atoms with van der Waals surface area (Å²) in [6.45, 7) is 8.29. The summed E-state index contributed by atoms with van der Waals surface area (Å²) in [5, 5.41) is 0. The Morgan fingerprint density at radius 3 is 2.67 bits per heavy atom. The average Bonchev–Trinajstić information content (AvgIpc) is 2.25. The van der Waals surface area contributed by atoms with Crippen LogP contribution in [0.5, 0.6) is 0 Å². The van der Waals surface area contributed by atoms with Crippen molar-refractivity contribution in [3.8, 4) is 0 Å². The van der Waals surface area contributed by atoms with Crippen molar-refractivity contribution in [1.82, 2.24) is 0 Å². The normalized spacial score (nSPS) is 10.3. The molecule has 15 heavy (non-hydrogen) atoms. The fourth-order valence-corrected chi connectivity index (χ4v) is 1.75. The molecule has 0 aromatic heterocycles. The first-order valence-electron chi connectivity index (χ1n) is 5.99. The molecule has 0 amide bonds. The van der Waals surface area contributed by atoms with Gasteiger partial charge in [0.05, 0.1) is 0 Å². The van der Waals surface area contributed by atoms with Crippen LogP contribution in [-0.2, 0) is 6.42 Å². The molecule has 0 spiro atoms. The Labute approximate surface area is 94.0 Å². The number of aryl methyl sites for hydroxylation is 1. The maximum Gasteiger partial charge on any atom is -0.0231 e. The van der Waals surface area contributed by atoms with Crippen molar-refractivity contribution in [2.75, 3.05) is 0 Å². The lowest BCUT2D eigenvalue weighted by Gasteiger charge is -2.04. The van der Waals surface area contributed by atoms with E-state index in [-0.39, 0.29) is 0 Å². The molecule has 0 aliphatic rings. The Kier molecular flexibility index (Phi) is 5.17. The predicted octanol–water partition coefficient (Wildman–Crippen LogP) is 4.84. The molecule has 0 heterocycles. The maximum absolute atomic E-state index is 3.98. The molecule has 0 saturated carbocycles. The van der Waals surface area contributed by atoms with E-state index >= 15 is 0 Å². The second-order valence-electron chi connectivity index (χ2n) is 4.29. The highest BCUT2D eigenvalue weighted by atomic mass is 14.0. The molecule has 0 heteroatoms. The lowest BCUT2D eigenvalue weighted by Crippen LogP contribution is -1.87. The number of hydrogen-bond donors (Lipinski definition) is 0. The van der Waals surface area contributed by atoms with Gasteiger partial charge in [-0.15, -0.1) is 0 Å². The summed E-state index contributed by atoms with van der Waals surface area (Å²) >= 11 is 0. The Hall–Kier alpha value is -1.04. The quantitative estimate of drug-likeness (QED) is 0.579. The molecule has 0 bridgehead atoms. The predicted molar refractivity (Wildman–Crippen MR) is 69.0 cm³/mol. The lowest BCUT2D eigenvalue weighted by atomic mass is 10.0. The van der Waals surface area contributed by atoms with Crippen molar-refractivity contribution in [3.63, 3.8) is 0 Å². The zero-order valence-electron chi connectivity index (χ0n) is 10.1. The van der Waals surface area contributed by atoms with Crippen molar-refractivity contribution in [1.29, 1.82) is 0 Å². The van der Waals surface area contributed by atoms with Gasteiger partial charge in [-0.05, 0) is 30.9 Å². The lowest BCUT2D eigenvalue weighted by molar-refractivity contribution is 0.667. The number of allylic oxidation sites excluding steroid dienone is 1. The van der Waals surface area contributed by atoms with Crippen LogP contribution in [0, 0.1) is 0 Å². The minimum Gasteiger partial charge on any atom is -0.0955 e. The molecule has 0 nitrogen and oxygen atoms in total. The molecule has 0 radical (unpaired) electrons. The molecule has 1 aromatic rings. The molecule has 0 unspecified atom stereocenters. The smallest absolute Gasteiger partial charge is 0.0231 e. The van der Waals surface area contributed by atoms with Crippen LogP contribution < -0.4 is 0 Å². The summed E-state index contributed by atoms with van der Waals surface area (Å²) in [6.07, 6.45) is 6.55. The summed E-state index contributed by atoms with van der Waals surface area (Å²) in [6, 6.07) is 8.77. The van der Waals surface area contributed by atoms with Crippen molar-refractivity contribution < 1.29 is 0 Å². The molecular formula is C15H22. The Morgan fingerprint density at radius 2 is 2.00 bits per heavy atom. The molecule has 0 aliphatic heterocycles. The van der Waals surface area contributed by atoms with Crippen LogP contribution in [0.1, 0.15) is 50.7 Å². The first-order chi connectivity index (χ1) is 7.24. The van der Waals surface area contributed by atoms with Gasteiger partial charge in [0.15, 0.2) is 0 Å². The van der Waals surface area contributed by atoms with E-state index in [0.717, 1.165) is 5.57 Å². The summed E-state index contributed by atoms with van der Waals surface area (Å²) in [5.74, 6) is 0. The molecule has 1 aromatic carbocycles. The minimum atomic E-state index is 1.16. The fraction of sp³-hybridized carbons (Fsp3) is 0.467. The second-order valence-corrected chi connectivity index (χ2v) is 4.29. The van der Waals surface area contributed by atoms with Crippen LogP contribution in [-0.4, -0.2) is 0 Å². The van der Waals surface area contributed by atoms with Gasteiger partial charge in [0.1, 0.15) is 0 Å². The van der Waals surface area contributed by atoms with Gasteiger partial charge in [0.25, 0.3) is 0 Å². The van der Waals surface area contributed by atoms with Crippen LogP contribution in [0.4, 0.5) is 0 Å². The van der Waals surface area contributed by atoms with Gasteiger partial charge in [-0.3, -0.25) is 0 Å². The van der Waals surface area contributed by atoms with Gasteiger partial charge in [-0.2, -0.15) is 0 Å². The van der Waals surface area contributed by atoms with Gasteiger partial charge in [0.2, 0.25) is 0 Å². The molecular weight excluding hydrogens is 180 g/mol. The third-order valence-corrected chi connectivity index (χ3v) is 2.74. The van der Waals surface area contributed by atoms with Crippen molar-refractivity contribution >= 4 is 5.57 Å². The van der Waals surface area contributed by atoms with E-state index < -0.39 is 0 Å². The summed E-state index contributed by atoms with van der Waals surface area (Å²) < 4.78 is 0. The van der Waals surface area contributed by atoms with Gasteiger partial charge < -0.3 is 0 Å². The van der Waals surface area contributed by atoms with Crippen molar-refractivity contribution in [3.05, 3.63) is 42.0 Å². The number of hydrogen-bond acceptors (Lipinski definition) is 0. The minimum absolute atomic E-state index is 1.16. The molecule has 1 rings (SSSR count). The van der Waals surface area contributed by atoms with Crippen LogP contribution in [0.3, 0.4) is 0 Å². The highest BCUT2D eigenvalue weighted by Crippen LogP contribution is 2.15. The van der Waals surface area contributed by atoms with Crippen LogP contribution >= 0.6 is 0 Å². The van der Waals surface area contributed by atoms with Crippen molar-refractivity contribution in [2.24, 2.45) is 0 Å². The van der Waals surface area contributed by atoms with Gasteiger partial charge >= 0.3 is 0 Å². The molecule has 0 aliphatic carbocycles. The largest absolute Gasteiger partial charge is 0.0955 e. The molecule has 82 valence electrons. The molecule has 0 saturated heterocycles. The van der Waals surface area contributed by atoms with E-state index in [0.29, 0.717) is 0 Å². The first-order valence-corrected chi connectivity index (χ1v) is 5.99. The van der Waals surface area contributed by atoms with Crippen LogP contribution in [0.25, 0.3) is 5.57 Å². The van der Waals surface area contributed by atoms with E-state index in [9.17, 15) is 0 Å². The highest BCUT2D eigenvalue weighted by molar-refractivity contribution is 5.61. The maximum atomic E-state index is 3.98. The van der Waals surface area contributed by atoms with Gasteiger partial charge in [-0.25, -0.2) is 0 Å². The van der Waals surface area contributed by atoms with E-state index in [1.54, 1.807) is 0 Å². The third-order valence-electron chi connectivity index (χ3n) is 2.74. The Balaban J connectivity index is 2.47. The molecule has 0 fully saturated rings. The van der Waals surface area contributed by atoms with E-state index in [4.69, 9.17) is 0 Å². The average molecular weight is 202 g/mol. The van der Waals surface area contributed by atoms with Crippen LogP contribution in [0.2, 0.25) is 0 Å². The summed E-state index contributed by atoms with van der Waals surface area (Å²) in [4.78, 5) is 0. The Bertz CT molecular complexity index is 310. The third kappa shape index (κ3) is 4.33. The van der Waals surface area contributed by atoms with E-state index in [2.05, 4.69) is 44.7 Å². The van der Waals surface area contributed by atoms with E-state index in [1.807, 2.05) is 0 Å². The first kappa shape index (κ1) is 12.0. The molecule has 0 N–H and O–H groups in total.